The number of rotatable bonds is 1. The number of aromatic nitrogens is 4. The normalized spacial score (nSPS) is 12.0. The van der Waals surface area contributed by atoms with E-state index < -0.39 is 11.9 Å². The van der Waals surface area contributed by atoms with Gasteiger partial charge in [0.1, 0.15) is 0 Å². The van der Waals surface area contributed by atoms with Crippen molar-refractivity contribution in [3.8, 4) is 11.3 Å². The van der Waals surface area contributed by atoms with Gasteiger partial charge in [0.25, 0.3) is 0 Å². The molecule has 2 heterocycles. The summed E-state index contributed by atoms with van der Waals surface area (Å²) in [7, 11) is 1.46. The molecule has 0 fully saturated rings. The molecule has 2 rings (SSSR count). The third-order valence-corrected chi connectivity index (χ3v) is 1.96. The SMILES string of the molecule is Cn1nc(C(F)(F)F)cc1-c1cn[nH]c1. The van der Waals surface area contributed by atoms with Gasteiger partial charge < -0.3 is 0 Å². The summed E-state index contributed by atoms with van der Waals surface area (Å²) in [6, 6.07) is 0.991. The lowest BCUT2D eigenvalue weighted by atomic mass is 10.2. The van der Waals surface area contributed by atoms with Crippen molar-refractivity contribution >= 4 is 0 Å². The van der Waals surface area contributed by atoms with Crippen molar-refractivity contribution in [3.05, 3.63) is 24.2 Å². The maximum absolute atomic E-state index is 12.3. The molecule has 0 atom stereocenters. The molecular weight excluding hydrogens is 209 g/mol. The molecule has 1 N–H and O–H groups in total. The van der Waals surface area contributed by atoms with E-state index in [1.165, 1.54) is 24.1 Å². The molecule has 0 unspecified atom stereocenters. The molecular formula is C8H7F3N4. The fraction of sp³-hybridized carbons (Fsp3) is 0.250. The van der Waals surface area contributed by atoms with E-state index in [2.05, 4.69) is 15.3 Å². The Bertz CT molecular complexity index is 455. The third-order valence-electron chi connectivity index (χ3n) is 1.96. The minimum atomic E-state index is -4.42. The van der Waals surface area contributed by atoms with E-state index in [-0.39, 0.29) is 0 Å². The number of alkyl halides is 3. The number of H-pyrrole nitrogens is 1. The summed E-state index contributed by atoms with van der Waals surface area (Å²) < 4.78 is 38.1. The van der Waals surface area contributed by atoms with Crippen molar-refractivity contribution in [1.82, 2.24) is 20.0 Å². The highest BCUT2D eigenvalue weighted by molar-refractivity contribution is 5.57. The van der Waals surface area contributed by atoms with Crippen molar-refractivity contribution in [3.63, 3.8) is 0 Å². The van der Waals surface area contributed by atoms with Gasteiger partial charge in [-0.1, -0.05) is 0 Å². The molecule has 0 aromatic carbocycles. The molecule has 0 aliphatic heterocycles. The Morgan fingerprint density at radius 2 is 2.13 bits per heavy atom. The average Bonchev–Trinajstić information content (AvgIpc) is 2.69. The third kappa shape index (κ3) is 1.72. The zero-order chi connectivity index (χ0) is 11.1. The van der Waals surface area contributed by atoms with Crippen molar-refractivity contribution in [2.75, 3.05) is 0 Å². The van der Waals surface area contributed by atoms with Crippen LogP contribution in [0, 0.1) is 0 Å². The molecule has 80 valence electrons. The molecule has 0 saturated carbocycles. The second kappa shape index (κ2) is 3.11. The van der Waals surface area contributed by atoms with Gasteiger partial charge >= 0.3 is 6.18 Å². The van der Waals surface area contributed by atoms with Crippen LogP contribution in [0.25, 0.3) is 11.3 Å². The molecule has 7 heteroatoms. The van der Waals surface area contributed by atoms with Crippen LogP contribution in [0.2, 0.25) is 0 Å². The topological polar surface area (TPSA) is 46.5 Å². The Morgan fingerprint density at radius 3 is 2.60 bits per heavy atom. The van der Waals surface area contributed by atoms with Gasteiger partial charge in [0, 0.05) is 18.8 Å². The van der Waals surface area contributed by atoms with Crippen LogP contribution in [0.3, 0.4) is 0 Å². The number of nitrogens with one attached hydrogen (secondary N) is 1. The summed E-state index contributed by atoms with van der Waals surface area (Å²) in [5, 5.41) is 9.58. The lowest BCUT2D eigenvalue weighted by molar-refractivity contribution is -0.141. The lowest BCUT2D eigenvalue weighted by Gasteiger charge is -1.98. The Kier molecular flexibility index (Phi) is 2.02. The Morgan fingerprint density at radius 1 is 1.40 bits per heavy atom. The monoisotopic (exact) mass is 216 g/mol. The molecule has 2 aromatic heterocycles. The van der Waals surface area contributed by atoms with E-state index in [9.17, 15) is 13.2 Å². The van der Waals surface area contributed by atoms with Crippen LogP contribution in [0.5, 0.6) is 0 Å². The van der Waals surface area contributed by atoms with E-state index in [0.717, 1.165) is 6.07 Å². The smallest absolute Gasteiger partial charge is 0.285 e. The zero-order valence-corrected chi connectivity index (χ0v) is 7.71. The number of nitrogens with zero attached hydrogens (tertiary/aromatic N) is 3. The highest BCUT2D eigenvalue weighted by atomic mass is 19.4. The molecule has 15 heavy (non-hydrogen) atoms. The molecule has 0 amide bonds. The first-order valence-corrected chi connectivity index (χ1v) is 4.09. The van der Waals surface area contributed by atoms with Crippen LogP contribution in [-0.2, 0) is 13.2 Å². The van der Waals surface area contributed by atoms with E-state index in [1.54, 1.807) is 0 Å². The van der Waals surface area contributed by atoms with E-state index in [1.807, 2.05) is 0 Å². The van der Waals surface area contributed by atoms with Crippen LogP contribution in [0.4, 0.5) is 13.2 Å². The lowest BCUT2D eigenvalue weighted by Crippen LogP contribution is -2.06. The predicted octanol–water partition coefficient (Wildman–Crippen LogP) is 1.83. The van der Waals surface area contributed by atoms with Crippen LogP contribution >= 0.6 is 0 Å². The van der Waals surface area contributed by atoms with Crippen molar-refractivity contribution in [1.29, 1.82) is 0 Å². The summed E-state index contributed by atoms with van der Waals surface area (Å²) in [5.41, 5.74) is 0.0396. The minimum Gasteiger partial charge on any atom is -0.285 e. The summed E-state index contributed by atoms with van der Waals surface area (Å²) in [4.78, 5) is 0. The maximum Gasteiger partial charge on any atom is 0.435 e. The predicted molar refractivity (Wildman–Crippen MR) is 45.8 cm³/mol. The largest absolute Gasteiger partial charge is 0.435 e. The second-order valence-corrected chi connectivity index (χ2v) is 3.02. The summed E-state index contributed by atoms with van der Waals surface area (Å²) in [5.74, 6) is 0. The van der Waals surface area contributed by atoms with E-state index in [4.69, 9.17) is 0 Å². The summed E-state index contributed by atoms with van der Waals surface area (Å²) >= 11 is 0. The highest BCUT2D eigenvalue weighted by Gasteiger charge is 2.34. The molecule has 0 saturated heterocycles. The Balaban J connectivity index is 2.47. The second-order valence-electron chi connectivity index (χ2n) is 3.02. The molecule has 2 aromatic rings. The Hall–Kier alpha value is -1.79. The van der Waals surface area contributed by atoms with Gasteiger partial charge in [0.05, 0.1) is 11.9 Å². The van der Waals surface area contributed by atoms with Crippen molar-refractivity contribution in [2.45, 2.75) is 6.18 Å². The van der Waals surface area contributed by atoms with Gasteiger partial charge in [-0.05, 0) is 6.07 Å². The molecule has 0 aliphatic rings. The van der Waals surface area contributed by atoms with Crippen LogP contribution in [0.1, 0.15) is 5.69 Å². The zero-order valence-electron chi connectivity index (χ0n) is 7.71. The molecule has 0 bridgehead atoms. The molecule has 4 nitrogen and oxygen atoms in total. The first-order chi connectivity index (χ1) is 6.98. The van der Waals surface area contributed by atoms with Crippen LogP contribution in [-0.4, -0.2) is 20.0 Å². The maximum atomic E-state index is 12.3. The molecule has 0 radical (unpaired) electrons. The summed E-state index contributed by atoms with van der Waals surface area (Å²) in [6.07, 6.45) is -1.46. The first kappa shape index (κ1) is 9.75. The quantitative estimate of drug-likeness (QED) is 0.790. The Labute approximate surface area is 82.7 Å². The van der Waals surface area contributed by atoms with E-state index in [0.29, 0.717) is 11.3 Å². The van der Waals surface area contributed by atoms with Gasteiger partial charge in [-0.25, -0.2) is 0 Å². The number of halogens is 3. The van der Waals surface area contributed by atoms with Crippen molar-refractivity contribution < 1.29 is 13.2 Å². The number of hydrogen-bond donors (Lipinski definition) is 1. The fourth-order valence-corrected chi connectivity index (χ4v) is 1.27. The fourth-order valence-electron chi connectivity index (χ4n) is 1.27. The van der Waals surface area contributed by atoms with Gasteiger partial charge in [-0.2, -0.15) is 23.4 Å². The number of aromatic amines is 1. The number of hydrogen-bond acceptors (Lipinski definition) is 2. The first-order valence-electron chi connectivity index (χ1n) is 4.09. The summed E-state index contributed by atoms with van der Waals surface area (Å²) in [6.45, 7) is 0. The number of aryl methyl sites for hydroxylation is 1. The van der Waals surface area contributed by atoms with Crippen LogP contribution in [0.15, 0.2) is 18.5 Å². The molecule has 0 spiro atoms. The van der Waals surface area contributed by atoms with E-state index >= 15 is 0 Å². The highest BCUT2D eigenvalue weighted by Crippen LogP contribution is 2.30. The average molecular weight is 216 g/mol. The standard InChI is InChI=1S/C8H7F3N4/c1-15-6(5-3-12-13-4-5)2-7(14-15)8(9,10)11/h2-4H,1H3,(H,12,13). The molecule has 0 aliphatic carbocycles. The van der Waals surface area contributed by atoms with Crippen molar-refractivity contribution in [2.24, 2.45) is 7.05 Å². The van der Waals surface area contributed by atoms with Gasteiger partial charge in [-0.15, -0.1) is 0 Å². The minimum absolute atomic E-state index is 0.371. The van der Waals surface area contributed by atoms with Crippen LogP contribution < -0.4 is 0 Å². The van der Waals surface area contributed by atoms with Gasteiger partial charge in [0.15, 0.2) is 5.69 Å². The van der Waals surface area contributed by atoms with Gasteiger partial charge in [-0.3, -0.25) is 9.78 Å². The van der Waals surface area contributed by atoms with Gasteiger partial charge in [0.2, 0.25) is 0 Å².